The van der Waals surface area contributed by atoms with Crippen LogP contribution in [0.15, 0.2) is 22.7 Å². The van der Waals surface area contributed by atoms with Gasteiger partial charge in [-0.1, -0.05) is 15.9 Å². The van der Waals surface area contributed by atoms with Crippen molar-refractivity contribution in [2.75, 3.05) is 13.6 Å². The van der Waals surface area contributed by atoms with E-state index in [0.717, 1.165) is 10.9 Å². The van der Waals surface area contributed by atoms with Crippen molar-refractivity contribution in [1.82, 2.24) is 10.2 Å². The first kappa shape index (κ1) is 14.5. The highest BCUT2D eigenvalue weighted by molar-refractivity contribution is 9.10. The topological polar surface area (TPSA) is 32.3 Å². The van der Waals surface area contributed by atoms with Crippen LogP contribution in [-0.2, 0) is 4.79 Å². The van der Waals surface area contributed by atoms with E-state index in [1.165, 1.54) is 6.07 Å². The van der Waals surface area contributed by atoms with Gasteiger partial charge in [-0.25, -0.2) is 4.39 Å². The number of nitrogens with one attached hydrogen (secondary N) is 1. The van der Waals surface area contributed by atoms with Gasteiger partial charge in [0.25, 0.3) is 0 Å². The van der Waals surface area contributed by atoms with Crippen LogP contribution in [0.2, 0.25) is 0 Å². The number of halogens is 2. The number of nitrogens with zero attached hydrogens (tertiary/aromatic N) is 1. The molecule has 1 heterocycles. The normalized spacial score (nSPS) is 21.6. The average molecular weight is 329 g/mol. The Kier molecular flexibility index (Phi) is 4.58. The molecule has 1 aromatic rings. The van der Waals surface area contributed by atoms with Crippen molar-refractivity contribution in [1.29, 1.82) is 0 Å². The van der Waals surface area contributed by atoms with Crippen LogP contribution in [0.25, 0.3) is 0 Å². The van der Waals surface area contributed by atoms with E-state index in [9.17, 15) is 9.18 Å². The molecule has 1 fully saturated rings. The molecule has 0 aromatic heterocycles. The molecule has 2 atom stereocenters. The second-order valence-electron chi connectivity index (χ2n) is 5.06. The summed E-state index contributed by atoms with van der Waals surface area (Å²) in [5.41, 5.74) is 0.647. The number of carbonyl (C=O) groups excluding carboxylic acids is 1. The maximum absolute atomic E-state index is 13.8. The Hall–Kier alpha value is -0.940. The number of benzene rings is 1. The molecule has 0 saturated carbocycles. The highest BCUT2D eigenvalue weighted by Crippen LogP contribution is 2.23. The average Bonchev–Trinajstić information content (AvgIpc) is 2.36. The summed E-state index contributed by atoms with van der Waals surface area (Å²) >= 11 is 3.36. The molecule has 0 spiro atoms. The van der Waals surface area contributed by atoms with Crippen molar-refractivity contribution < 1.29 is 9.18 Å². The minimum absolute atomic E-state index is 0.0795. The molecule has 2 rings (SSSR count). The number of piperidine rings is 1. The Morgan fingerprint density at radius 3 is 2.95 bits per heavy atom. The van der Waals surface area contributed by atoms with Crippen LogP contribution in [0.3, 0.4) is 0 Å². The summed E-state index contributed by atoms with van der Waals surface area (Å²) in [5.74, 6) is -0.0252. The molecule has 0 bridgehead atoms. The van der Waals surface area contributed by atoms with Gasteiger partial charge in [-0.05, 0) is 31.5 Å². The van der Waals surface area contributed by atoms with Gasteiger partial charge in [-0.15, -0.1) is 0 Å². The minimum Gasteiger partial charge on any atom is -0.344 e. The molecule has 1 aliphatic heterocycles. The monoisotopic (exact) mass is 328 g/mol. The van der Waals surface area contributed by atoms with Gasteiger partial charge >= 0.3 is 0 Å². The van der Waals surface area contributed by atoms with E-state index in [4.69, 9.17) is 0 Å². The van der Waals surface area contributed by atoms with Gasteiger partial charge in [0.2, 0.25) is 5.91 Å². The van der Waals surface area contributed by atoms with Crippen molar-refractivity contribution in [2.24, 2.45) is 0 Å². The van der Waals surface area contributed by atoms with E-state index >= 15 is 0 Å². The summed E-state index contributed by atoms with van der Waals surface area (Å²) in [6, 6.07) is 5.09. The molecular formula is C14H18BrFN2O. The van der Waals surface area contributed by atoms with Gasteiger partial charge in [0.05, 0.1) is 0 Å². The molecule has 0 radical (unpaired) electrons. The van der Waals surface area contributed by atoms with E-state index in [0.29, 0.717) is 18.5 Å². The Labute approximate surface area is 121 Å². The van der Waals surface area contributed by atoms with Crippen LogP contribution in [0.1, 0.15) is 31.4 Å². The van der Waals surface area contributed by atoms with E-state index in [-0.39, 0.29) is 23.8 Å². The number of amides is 1. The maximum Gasteiger partial charge on any atom is 0.222 e. The fraction of sp³-hybridized carbons (Fsp3) is 0.500. The number of hydrogen-bond acceptors (Lipinski definition) is 2. The highest BCUT2D eigenvalue weighted by atomic mass is 79.9. The van der Waals surface area contributed by atoms with E-state index in [1.54, 1.807) is 24.1 Å². The molecule has 3 nitrogen and oxygen atoms in total. The molecule has 0 aliphatic carbocycles. The fourth-order valence-corrected chi connectivity index (χ4v) is 2.82. The molecule has 1 aliphatic rings. The lowest BCUT2D eigenvalue weighted by molar-refractivity contribution is -0.132. The Morgan fingerprint density at radius 2 is 2.26 bits per heavy atom. The van der Waals surface area contributed by atoms with Gasteiger partial charge < -0.3 is 10.2 Å². The lowest BCUT2D eigenvalue weighted by Gasteiger charge is -2.32. The lowest BCUT2D eigenvalue weighted by Crippen LogP contribution is -2.47. The van der Waals surface area contributed by atoms with Crippen molar-refractivity contribution in [3.63, 3.8) is 0 Å². The summed E-state index contributed by atoms with van der Waals surface area (Å²) in [5, 5.41) is 3.40. The molecule has 1 amide bonds. The van der Waals surface area contributed by atoms with Gasteiger partial charge in [0.15, 0.2) is 0 Å². The molecule has 1 saturated heterocycles. The standard InChI is InChI=1S/C14H18BrFN2O/c1-9(12-7-10(15)3-5-13(12)16)17-11-4-6-14(19)18(2)8-11/h3,5,7,9,11,17H,4,6,8H2,1-2H3. The predicted molar refractivity (Wildman–Crippen MR) is 76.3 cm³/mol. The molecule has 104 valence electrons. The Morgan fingerprint density at radius 1 is 1.53 bits per heavy atom. The second-order valence-corrected chi connectivity index (χ2v) is 5.98. The smallest absolute Gasteiger partial charge is 0.222 e. The summed E-state index contributed by atoms with van der Waals surface area (Å²) < 4.78 is 14.7. The third-order valence-corrected chi connectivity index (χ3v) is 4.03. The Balaban J connectivity index is 2.03. The third kappa shape index (κ3) is 3.54. The number of likely N-dealkylation sites (N-methyl/N-ethyl adjacent to an activating group) is 1. The maximum atomic E-state index is 13.8. The van der Waals surface area contributed by atoms with E-state index < -0.39 is 0 Å². The van der Waals surface area contributed by atoms with Crippen molar-refractivity contribution >= 4 is 21.8 Å². The lowest BCUT2D eigenvalue weighted by atomic mass is 10.0. The number of rotatable bonds is 3. The highest BCUT2D eigenvalue weighted by Gasteiger charge is 2.24. The van der Waals surface area contributed by atoms with Crippen LogP contribution in [0.4, 0.5) is 4.39 Å². The van der Waals surface area contributed by atoms with E-state index in [2.05, 4.69) is 21.2 Å². The first-order valence-electron chi connectivity index (χ1n) is 6.42. The van der Waals surface area contributed by atoms with E-state index in [1.807, 2.05) is 6.92 Å². The first-order chi connectivity index (χ1) is 8.97. The molecule has 19 heavy (non-hydrogen) atoms. The van der Waals surface area contributed by atoms with Crippen LogP contribution in [-0.4, -0.2) is 30.4 Å². The van der Waals surface area contributed by atoms with Gasteiger partial charge in [-0.3, -0.25) is 4.79 Å². The largest absolute Gasteiger partial charge is 0.344 e. The summed E-state index contributed by atoms with van der Waals surface area (Å²) in [7, 11) is 1.81. The SMILES string of the molecule is CC(NC1CCC(=O)N(C)C1)c1cc(Br)ccc1F. The molecule has 1 aromatic carbocycles. The zero-order valence-electron chi connectivity index (χ0n) is 11.1. The Bertz CT molecular complexity index is 481. The molecule has 5 heteroatoms. The van der Waals surface area contributed by atoms with Crippen LogP contribution in [0.5, 0.6) is 0 Å². The quantitative estimate of drug-likeness (QED) is 0.925. The van der Waals surface area contributed by atoms with Gasteiger partial charge in [0.1, 0.15) is 5.82 Å². The van der Waals surface area contributed by atoms with Crippen molar-refractivity contribution in [3.05, 3.63) is 34.1 Å². The molecular weight excluding hydrogens is 311 g/mol. The zero-order chi connectivity index (χ0) is 14.0. The van der Waals surface area contributed by atoms with Gasteiger partial charge in [0, 0.05) is 42.1 Å². The summed E-state index contributed by atoms with van der Waals surface area (Å²) in [6.07, 6.45) is 1.37. The number of likely N-dealkylation sites (tertiary alicyclic amines) is 1. The second kappa shape index (κ2) is 6.01. The fourth-order valence-electron chi connectivity index (χ4n) is 2.44. The van der Waals surface area contributed by atoms with Crippen LogP contribution >= 0.6 is 15.9 Å². The predicted octanol–water partition coefficient (Wildman–Crippen LogP) is 2.86. The van der Waals surface area contributed by atoms with Crippen molar-refractivity contribution in [2.45, 2.75) is 31.8 Å². The van der Waals surface area contributed by atoms with Crippen LogP contribution in [0, 0.1) is 5.82 Å². The molecule has 2 unspecified atom stereocenters. The minimum atomic E-state index is -0.205. The number of hydrogen-bond donors (Lipinski definition) is 1. The van der Waals surface area contributed by atoms with Crippen molar-refractivity contribution in [3.8, 4) is 0 Å². The summed E-state index contributed by atoms with van der Waals surface area (Å²) in [4.78, 5) is 13.2. The number of carbonyl (C=O) groups is 1. The third-order valence-electron chi connectivity index (χ3n) is 3.54. The first-order valence-corrected chi connectivity index (χ1v) is 7.21. The van der Waals surface area contributed by atoms with Gasteiger partial charge in [-0.2, -0.15) is 0 Å². The summed E-state index contributed by atoms with van der Waals surface area (Å²) in [6.45, 7) is 2.63. The van der Waals surface area contributed by atoms with Crippen LogP contribution < -0.4 is 5.32 Å². The zero-order valence-corrected chi connectivity index (χ0v) is 12.7. The molecule has 1 N–H and O–H groups in total.